The Morgan fingerprint density at radius 3 is 2.35 bits per heavy atom. The Morgan fingerprint density at radius 1 is 1.12 bits per heavy atom. The van der Waals surface area contributed by atoms with Crippen LogP contribution in [0, 0.1) is 11.8 Å². The zero-order valence-corrected chi connectivity index (χ0v) is 12.3. The maximum atomic E-state index is 3.81. The van der Waals surface area contributed by atoms with Crippen LogP contribution in [-0.4, -0.2) is 37.1 Å². The fourth-order valence-corrected chi connectivity index (χ4v) is 3.16. The molecule has 2 atom stereocenters. The van der Waals surface area contributed by atoms with Gasteiger partial charge in [-0.05, 0) is 37.8 Å². The molecule has 102 valence electrons. The maximum Gasteiger partial charge on any atom is 0.0107 e. The predicted molar refractivity (Wildman–Crippen MR) is 76.4 cm³/mol. The second-order valence-electron chi connectivity index (χ2n) is 5.78. The second kappa shape index (κ2) is 8.10. The van der Waals surface area contributed by atoms with Gasteiger partial charge in [-0.2, -0.15) is 0 Å². The molecule has 0 saturated heterocycles. The van der Waals surface area contributed by atoms with Gasteiger partial charge in [0.25, 0.3) is 0 Å². The summed E-state index contributed by atoms with van der Waals surface area (Å²) in [6, 6.07) is 0.777. The van der Waals surface area contributed by atoms with E-state index in [1.807, 2.05) is 0 Å². The minimum absolute atomic E-state index is 0.777. The minimum atomic E-state index is 0.777. The molecular formula is C15H32N2. The van der Waals surface area contributed by atoms with E-state index in [4.69, 9.17) is 0 Å². The fourth-order valence-electron chi connectivity index (χ4n) is 3.16. The highest BCUT2D eigenvalue weighted by atomic mass is 15.1. The van der Waals surface area contributed by atoms with E-state index in [1.165, 1.54) is 45.3 Å². The SMILES string of the molecule is CCN(CC)CCNC1CCCCC1C(C)C. The Labute approximate surface area is 108 Å². The molecule has 17 heavy (non-hydrogen) atoms. The van der Waals surface area contributed by atoms with Gasteiger partial charge in [-0.15, -0.1) is 0 Å². The van der Waals surface area contributed by atoms with Gasteiger partial charge in [0.1, 0.15) is 0 Å². The molecule has 1 N–H and O–H groups in total. The summed E-state index contributed by atoms with van der Waals surface area (Å²) in [6.07, 6.45) is 5.69. The van der Waals surface area contributed by atoms with Crippen molar-refractivity contribution in [1.82, 2.24) is 10.2 Å². The molecule has 1 fully saturated rings. The largest absolute Gasteiger partial charge is 0.312 e. The Kier molecular flexibility index (Phi) is 7.14. The van der Waals surface area contributed by atoms with E-state index in [0.29, 0.717) is 0 Å². The van der Waals surface area contributed by atoms with Crippen LogP contribution >= 0.6 is 0 Å². The van der Waals surface area contributed by atoms with E-state index in [-0.39, 0.29) is 0 Å². The zero-order chi connectivity index (χ0) is 12.7. The van der Waals surface area contributed by atoms with Crippen LogP contribution in [0.4, 0.5) is 0 Å². The van der Waals surface area contributed by atoms with E-state index in [0.717, 1.165) is 24.4 Å². The molecule has 0 aromatic carbocycles. The summed E-state index contributed by atoms with van der Waals surface area (Å²) >= 11 is 0. The topological polar surface area (TPSA) is 15.3 Å². The molecular weight excluding hydrogens is 208 g/mol. The minimum Gasteiger partial charge on any atom is -0.312 e. The van der Waals surface area contributed by atoms with Crippen molar-refractivity contribution >= 4 is 0 Å². The standard InChI is InChI=1S/C15H32N2/c1-5-17(6-2)12-11-16-15-10-8-7-9-14(15)13(3)4/h13-16H,5-12H2,1-4H3. The molecule has 0 heterocycles. The van der Waals surface area contributed by atoms with Gasteiger partial charge < -0.3 is 10.2 Å². The van der Waals surface area contributed by atoms with Gasteiger partial charge in [0.2, 0.25) is 0 Å². The van der Waals surface area contributed by atoms with Gasteiger partial charge in [-0.3, -0.25) is 0 Å². The van der Waals surface area contributed by atoms with Crippen LogP contribution in [0.25, 0.3) is 0 Å². The van der Waals surface area contributed by atoms with Gasteiger partial charge in [0.15, 0.2) is 0 Å². The Hall–Kier alpha value is -0.0800. The highest BCUT2D eigenvalue weighted by Crippen LogP contribution is 2.29. The van der Waals surface area contributed by atoms with Crippen molar-refractivity contribution < 1.29 is 0 Å². The molecule has 1 saturated carbocycles. The highest BCUT2D eigenvalue weighted by Gasteiger charge is 2.26. The van der Waals surface area contributed by atoms with Crippen molar-refractivity contribution in [1.29, 1.82) is 0 Å². The predicted octanol–water partition coefficient (Wildman–Crippen LogP) is 3.13. The number of likely N-dealkylation sites (N-methyl/N-ethyl adjacent to an activating group) is 1. The average Bonchev–Trinajstić information content (AvgIpc) is 2.35. The summed E-state index contributed by atoms with van der Waals surface area (Å²) in [5.74, 6) is 1.74. The molecule has 2 unspecified atom stereocenters. The summed E-state index contributed by atoms with van der Waals surface area (Å²) in [6.45, 7) is 14.0. The van der Waals surface area contributed by atoms with Crippen LogP contribution in [0.1, 0.15) is 53.4 Å². The third-order valence-electron chi connectivity index (χ3n) is 4.40. The van der Waals surface area contributed by atoms with Crippen LogP contribution in [0.3, 0.4) is 0 Å². The van der Waals surface area contributed by atoms with Crippen molar-refractivity contribution in [2.24, 2.45) is 11.8 Å². The number of nitrogens with one attached hydrogen (secondary N) is 1. The van der Waals surface area contributed by atoms with Gasteiger partial charge in [0.05, 0.1) is 0 Å². The fraction of sp³-hybridized carbons (Fsp3) is 1.00. The normalized spacial score (nSPS) is 25.8. The van der Waals surface area contributed by atoms with Crippen LogP contribution in [0.2, 0.25) is 0 Å². The summed E-state index contributed by atoms with van der Waals surface area (Å²) in [7, 11) is 0. The first kappa shape index (κ1) is 15.0. The zero-order valence-electron chi connectivity index (χ0n) is 12.3. The van der Waals surface area contributed by atoms with Crippen LogP contribution in [-0.2, 0) is 0 Å². The van der Waals surface area contributed by atoms with E-state index in [1.54, 1.807) is 0 Å². The van der Waals surface area contributed by atoms with Crippen molar-refractivity contribution in [2.45, 2.75) is 59.4 Å². The first-order valence-corrected chi connectivity index (χ1v) is 7.64. The third-order valence-corrected chi connectivity index (χ3v) is 4.40. The first-order chi connectivity index (χ1) is 8.19. The van der Waals surface area contributed by atoms with Gasteiger partial charge in [0, 0.05) is 19.1 Å². The lowest BCUT2D eigenvalue weighted by atomic mass is 9.78. The molecule has 0 spiro atoms. The monoisotopic (exact) mass is 240 g/mol. The number of hydrogen-bond acceptors (Lipinski definition) is 2. The summed E-state index contributed by atoms with van der Waals surface area (Å²) in [5.41, 5.74) is 0. The van der Waals surface area contributed by atoms with Crippen molar-refractivity contribution in [3.8, 4) is 0 Å². The highest BCUT2D eigenvalue weighted by molar-refractivity contribution is 4.83. The number of nitrogens with zero attached hydrogens (tertiary/aromatic N) is 1. The number of rotatable bonds is 7. The Morgan fingerprint density at radius 2 is 1.76 bits per heavy atom. The molecule has 0 radical (unpaired) electrons. The summed E-state index contributed by atoms with van der Waals surface area (Å²) < 4.78 is 0. The molecule has 0 aromatic heterocycles. The molecule has 1 rings (SSSR count). The van der Waals surface area contributed by atoms with E-state index >= 15 is 0 Å². The second-order valence-corrected chi connectivity index (χ2v) is 5.78. The van der Waals surface area contributed by atoms with E-state index in [9.17, 15) is 0 Å². The lowest BCUT2D eigenvalue weighted by Crippen LogP contribution is -2.44. The van der Waals surface area contributed by atoms with Crippen molar-refractivity contribution in [3.05, 3.63) is 0 Å². The molecule has 0 aliphatic heterocycles. The number of hydrogen-bond donors (Lipinski definition) is 1. The maximum absolute atomic E-state index is 3.81. The molecule has 1 aliphatic rings. The quantitative estimate of drug-likeness (QED) is 0.735. The van der Waals surface area contributed by atoms with Crippen LogP contribution < -0.4 is 5.32 Å². The van der Waals surface area contributed by atoms with E-state index < -0.39 is 0 Å². The lowest BCUT2D eigenvalue weighted by molar-refractivity contribution is 0.197. The van der Waals surface area contributed by atoms with Crippen molar-refractivity contribution in [3.63, 3.8) is 0 Å². The van der Waals surface area contributed by atoms with Gasteiger partial charge >= 0.3 is 0 Å². The van der Waals surface area contributed by atoms with Crippen molar-refractivity contribution in [2.75, 3.05) is 26.2 Å². The first-order valence-electron chi connectivity index (χ1n) is 7.64. The third kappa shape index (κ3) is 4.97. The Bertz CT molecular complexity index is 187. The smallest absolute Gasteiger partial charge is 0.0107 e. The van der Waals surface area contributed by atoms with Crippen LogP contribution in [0.15, 0.2) is 0 Å². The van der Waals surface area contributed by atoms with Crippen LogP contribution in [0.5, 0.6) is 0 Å². The molecule has 2 heteroatoms. The molecule has 0 aromatic rings. The molecule has 0 amide bonds. The lowest BCUT2D eigenvalue weighted by Gasteiger charge is -2.35. The molecule has 1 aliphatic carbocycles. The average molecular weight is 240 g/mol. The molecule has 0 bridgehead atoms. The van der Waals surface area contributed by atoms with Gasteiger partial charge in [-0.25, -0.2) is 0 Å². The molecule has 2 nitrogen and oxygen atoms in total. The van der Waals surface area contributed by atoms with Gasteiger partial charge in [-0.1, -0.05) is 40.5 Å². The summed E-state index contributed by atoms with van der Waals surface area (Å²) in [5, 5.41) is 3.81. The Balaban J connectivity index is 2.28. The van der Waals surface area contributed by atoms with E-state index in [2.05, 4.69) is 37.9 Å². The summed E-state index contributed by atoms with van der Waals surface area (Å²) in [4.78, 5) is 2.50.